The molecule has 2 amide bonds. The van der Waals surface area contributed by atoms with Crippen molar-refractivity contribution >= 4 is 18.0 Å². The molecule has 3 atom stereocenters. The standard InChI is InChI=1S/C28H34N2O5/c1-17(2)11-18(12-26(31)32)14-29-27(33)24-13-19(24)15-30-28(34)35-16-25-22-9-5-3-7-20(22)21-8-4-6-10-23(21)25/h3-10,17-19,24-25H,11-16H2,1-2H3,(H,29,33)(H,30,34)(H,31,32)/t18-,19?,24?/m0/s1. The number of carbonyl (C=O) groups is 3. The van der Waals surface area contributed by atoms with Crippen LogP contribution in [0, 0.1) is 23.7 Å². The third-order valence-corrected chi connectivity index (χ3v) is 6.94. The zero-order chi connectivity index (χ0) is 24.9. The third kappa shape index (κ3) is 6.21. The molecule has 2 aliphatic carbocycles. The lowest BCUT2D eigenvalue weighted by molar-refractivity contribution is -0.138. The fourth-order valence-electron chi connectivity index (χ4n) is 5.19. The first-order valence-corrected chi connectivity index (χ1v) is 12.4. The van der Waals surface area contributed by atoms with E-state index in [2.05, 4.69) is 34.9 Å². The van der Waals surface area contributed by atoms with E-state index in [4.69, 9.17) is 9.84 Å². The second-order valence-corrected chi connectivity index (χ2v) is 10.1. The number of fused-ring (bicyclic) bond motifs is 3. The molecule has 0 aromatic heterocycles. The number of amides is 2. The van der Waals surface area contributed by atoms with Gasteiger partial charge in [-0.2, -0.15) is 0 Å². The Balaban J connectivity index is 1.20. The first kappa shape index (κ1) is 24.8. The van der Waals surface area contributed by atoms with Crippen molar-refractivity contribution in [2.24, 2.45) is 23.7 Å². The third-order valence-electron chi connectivity index (χ3n) is 6.94. The van der Waals surface area contributed by atoms with E-state index in [9.17, 15) is 14.4 Å². The summed E-state index contributed by atoms with van der Waals surface area (Å²) in [5.74, 6) is -0.673. The molecule has 186 valence electrons. The second kappa shape index (κ2) is 10.9. The fraction of sp³-hybridized carbons (Fsp3) is 0.464. The van der Waals surface area contributed by atoms with E-state index < -0.39 is 12.1 Å². The molecule has 0 aliphatic heterocycles. The van der Waals surface area contributed by atoms with Crippen molar-refractivity contribution in [1.82, 2.24) is 10.6 Å². The first-order chi connectivity index (χ1) is 16.8. The highest BCUT2D eigenvalue weighted by Crippen LogP contribution is 2.44. The van der Waals surface area contributed by atoms with Gasteiger partial charge >= 0.3 is 12.1 Å². The van der Waals surface area contributed by atoms with Gasteiger partial charge < -0.3 is 20.5 Å². The average molecular weight is 479 g/mol. The highest BCUT2D eigenvalue weighted by atomic mass is 16.5. The number of rotatable bonds is 11. The van der Waals surface area contributed by atoms with Crippen LogP contribution in [0.15, 0.2) is 48.5 Å². The Labute approximate surface area is 206 Å². The van der Waals surface area contributed by atoms with E-state index in [1.165, 1.54) is 22.3 Å². The molecule has 2 aliphatic rings. The maximum Gasteiger partial charge on any atom is 0.407 e. The number of nitrogens with one attached hydrogen (secondary N) is 2. The van der Waals surface area contributed by atoms with Gasteiger partial charge in [0.25, 0.3) is 0 Å². The Morgan fingerprint density at radius 2 is 1.63 bits per heavy atom. The number of carboxylic acids is 1. The predicted molar refractivity (Wildman–Crippen MR) is 133 cm³/mol. The molecule has 0 spiro atoms. The summed E-state index contributed by atoms with van der Waals surface area (Å²) < 4.78 is 5.56. The van der Waals surface area contributed by atoms with Crippen molar-refractivity contribution in [2.45, 2.75) is 39.0 Å². The molecule has 0 radical (unpaired) electrons. The van der Waals surface area contributed by atoms with Gasteiger partial charge in [-0.25, -0.2) is 4.79 Å². The molecule has 1 fully saturated rings. The van der Waals surface area contributed by atoms with E-state index in [0.29, 0.717) is 25.4 Å². The molecule has 2 aromatic carbocycles. The highest BCUT2D eigenvalue weighted by molar-refractivity contribution is 5.82. The summed E-state index contributed by atoms with van der Waals surface area (Å²) in [5.41, 5.74) is 4.70. The number of ether oxygens (including phenoxy) is 1. The maximum atomic E-state index is 12.5. The molecule has 4 rings (SSSR count). The lowest BCUT2D eigenvalue weighted by Gasteiger charge is -2.18. The topological polar surface area (TPSA) is 105 Å². The van der Waals surface area contributed by atoms with Crippen LogP contribution in [0.3, 0.4) is 0 Å². The van der Waals surface area contributed by atoms with Gasteiger partial charge in [-0.3, -0.25) is 9.59 Å². The molecular formula is C28H34N2O5. The van der Waals surface area contributed by atoms with Crippen molar-refractivity contribution in [1.29, 1.82) is 0 Å². The molecular weight excluding hydrogens is 444 g/mol. The molecule has 0 saturated heterocycles. The van der Waals surface area contributed by atoms with Gasteiger partial charge in [-0.15, -0.1) is 0 Å². The minimum absolute atomic E-state index is 0.0113. The van der Waals surface area contributed by atoms with Crippen molar-refractivity contribution in [3.63, 3.8) is 0 Å². The number of carboxylic acid groups (broad SMARTS) is 1. The molecule has 0 bridgehead atoms. The van der Waals surface area contributed by atoms with Crippen molar-refractivity contribution in [3.8, 4) is 11.1 Å². The monoisotopic (exact) mass is 478 g/mol. The molecule has 35 heavy (non-hydrogen) atoms. The van der Waals surface area contributed by atoms with Gasteiger partial charge in [0.1, 0.15) is 6.61 Å². The van der Waals surface area contributed by atoms with E-state index in [1.807, 2.05) is 38.1 Å². The van der Waals surface area contributed by atoms with Gasteiger partial charge in [0.05, 0.1) is 0 Å². The number of benzene rings is 2. The summed E-state index contributed by atoms with van der Waals surface area (Å²) in [4.78, 5) is 35.9. The molecule has 3 N–H and O–H groups in total. The van der Waals surface area contributed by atoms with Crippen LogP contribution in [-0.2, 0) is 14.3 Å². The lowest BCUT2D eigenvalue weighted by atomic mass is 9.94. The number of hydrogen-bond acceptors (Lipinski definition) is 4. The number of hydrogen-bond donors (Lipinski definition) is 3. The number of aliphatic carboxylic acids is 1. The van der Waals surface area contributed by atoms with Crippen LogP contribution in [0.5, 0.6) is 0 Å². The van der Waals surface area contributed by atoms with Gasteiger partial charge in [0.2, 0.25) is 5.91 Å². The van der Waals surface area contributed by atoms with Gasteiger partial charge in [-0.05, 0) is 52.8 Å². The first-order valence-electron chi connectivity index (χ1n) is 12.4. The van der Waals surface area contributed by atoms with Crippen LogP contribution < -0.4 is 10.6 Å². The smallest absolute Gasteiger partial charge is 0.407 e. The zero-order valence-electron chi connectivity index (χ0n) is 20.3. The van der Waals surface area contributed by atoms with E-state index in [0.717, 1.165) is 6.42 Å². The summed E-state index contributed by atoms with van der Waals surface area (Å²) in [7, 11) is 0. The van der Waals surface area contributed by atoms with Crippen LogP contribution in [0.1, 0.15) is 50.2 Å². The number of alkyl carbamates (subject to hydrolysis) is 1. The summed E-state index contributed by atoms with van der Waals surface area (Å²) in [6.45, 7) is 5.10. The normalized spacial score (nSPS) is 18.9. The summed E-state index contributed by atoms with van der Waals surface area (Å²) >= 11 is 0. The van der Waals surface area contributed by atoms with Crippen molar-refractivity contribution < 1.29 is 24.2 Å². The summed E-state index contributed by atoms with van der Waals surface area (Å²) in [6.07, 6.45) is 1.04. The molecule has 0 heterocycles. The van der Waals surface area contributed by atoms with Gasteiger partial charge in [-0.1, -0.05) is 62.4 Å². The Kier molecular flexibility index (Phi) is 7.73. The van der Waals surface area contributed by atoms with E-state index in [1.54, 1.807) is 0 Å². The lowest BCUT2D eigenvalue weighted by Crippen LogP contribution is -2.33. The van der Waals surface area contributed by atoms with Crippen molar-refractivity contribution in [2.75, 3.05) is 19.7 Å². The minimum atomic E-state index is -0.846. The van der Waals surface area contributed by atoms with Crippen LogP contribution in [0.4, 0.5) is 4.79 Å². The molecule has 7 heteroatoms. The van der Waals surface area contributed by atoms with Crippen LogP contribution in [0.25, 0.3) is 11.1 Å². The zero-order valence-corrected chi connectivity index (χ0v) is 20.3. The molecule has 2 unspecified atom stereocenters. The van der Waals surface area contributed by atoms with Crippen LogP contribution >= 0.6 is 0 Å². The van der Waals surface area contributed by atoms with Crippen molar-refractivity contribution in [3.05, 3.63) is 59.7 Å². The van der Waals surface area contributed by atoms with E-state index in [-0.39, 0.29) is 42.6 Å². The Morgan fingerprint density at radius 3 is 2.23 bits per heavy atom. The quantitative estimate of drug-likeness (QED) is 0.444. The predicted octanol–water partition coefficient (Wildman–Crippen LogP) is 4.41. The number of carbonyl (C=O) groups excluding carboxylic acids is 2. The van der Waals surface area contributed by atoms with E-state index >= 15 is 0 Å². The average Bonchev–Trinajstić information content (AvgIpc) is 3.54. The summed E-state index contributed by atoms with van der Waals surface area (Å²) in [5, 5.41) is 14.8. The minimum Gasteiger partial charge on any atom is -0.481 e. The molecule has 2 aromatic rings. The van der Waals surface area contributed by atoms with Crippen LogP contribution in [0.2, 0.25) is 0 Å². The Hall–Kier alpha value is -3.35. The molecule has 1 saturated carbocycles. The summed E-state index contributed by atoms with van der Waals surface area (Å²) in [6, 6.07) is 16.4. The van der Waals surface area contributed by atoms with Gasteiger partial charge in [0, 0.05) is 31.3 Å². The fourth-order valence-corrected chi connectivity index (χ4v) is 5.19. The maximum absolute atomic E-state index is 12.5. The largest absolute Gasteiger partial charge is 0.481 e. The molecule has 7 nitrogen and oxygen atoms in total. The Morgan fingerprint density at radius 1 is 1.00 bits per heavy atom. The Bertz CT molecular complexity index is 1040. The van der Waals surface area contributed by atoms with Gasteiger partial charge in [0.15, 0.2) is 0 Å². The SMILES string of the molecule is CC(C)C[C@H](CNC(=O)C1CC1CNC(=O)OCC1c2ccccc2-c2ccccc21)CC(=O)O. The second-order valence-electron chi connectivity index (χ2n) is 10.1. The highest BCUT2D eigenvalue weighted by Gasteiger charge is 2.43. The van der Waals surface area contributed by atoms with Crippen LogP contribution in [-0.4, -0.2) is 42.8 Å².